The molecule has 1 amide bonds. The Morgan fingerprint density at radius 3 is 2.40 bits per heavy atom. The number of hydrogen-bond donors (Lipinski definition) is 2. The minimum absolute atomic E-state index is 0.135. The van der Waals surface area contributed by atoms with Crippen LogP contribution in [0.1, 0.15) is 11.1 Å². The molecule has 0 spiro atoms. The van der Waals surface area contributed by atoms with E-state index in [1.54, 1.807) is 44.7 Å². The zero-order valence-corrected chi connectivity index (χ0v) is 24.5. The molecule has 0 radical (unpaired) electrons. The Hall–Kier alpha value is -4.55. The summed E-state index contributed by atoms with van der Waals surface area (Å²) in [4.78, 5) is 17.8. The van der Waals surface area contributed by atoms with Gasteiger partial charge in [-0.25, -0.2) is 22.2 Å². The molecule has 4 heterocycles. The number of carboxylic acid groups (broad SMARTS) is 1. The molecule has 218 valence electrons. The Morgan fingerprint density at radius 1 is 1.05 bits per heavy atom. The SMILES string of the molecule is COc1cc2c(-c3cc4c(CN5CC(NC(=O)O)C5)ccnc4n3S(=O)(=O)c3ccc(C)cc3)cn(C)c2cc1OC. The molecule has 11 nitrogen and oxygen atoms in total. The third-order valence-electron chi connectivity index (χ3n) is 7.76. The highest BCUT2D eigenvalue weighted by Gasteiger charge is 2.31. The van der Waals surface area contributed by atoms with Gasteiger partial charge >= 0.3 is 6.09 Å². The number of benzene rings is 2. The molecule has 1 saturated heterocycles. The van der Waals surface area contributed by atoms with Crippen molar-refractivity contribution < 1.29 is 27.8 Å². The van der Waals surface area contributed by atoms with Crippen LogP contribution in [0.15, 0.2) is 65.8 Å². The Kier molecular flexibility index (Phi) is 6.82. The van der Waals surface area contributed by atoms with Gasteiger partial charge < -0.3 is 24.5 Å². The molecule has 1 aliphatic heterocycles. The fourth-order valence-electron chi connectivity index (χ4n) is 5.63. The molecule has 0 unspecified atom stereocenters. The van der Waals surface area contributed by atoms with Gasteiger partial charge in [0.25, 0.3) is 10.0 Å². The summed E-state index contributed by atoms with van der Waals surface area (Å²) in [5, 5.41) is 13.0. The van der Waals surface area contributed by atoms with Gasteiger partial charge in [0, 0.05) is 61.5 Å². The lowest BCUT2D eigenvalue weighted by Gasteiger charge is -2.39. The van der Waals surface area contributed by atoms with Gasteiger partial charge in [-0.2, -0.15) is 0 Å². The van der Waals surface area contributed by atoms with E-state index >= 15 is 0 Å². The molecule has 0 aliphatic carbocycles. The highest BCUT2D eigenvalue weighted by Crippen LogP contribution is 2.41. The topological polar surface area (TPSA) is 128 Å². The van der Waals surface area contributed by atoms with Crippen molar-refractivity contribution in [1.29, 1.82) is 0 Å². The summed E-state index contributed by atoms with van der Waals surface area (Å²) in [6.07, 6.45) is 2.47. The van der Waals surface area contributed by atoms with Crippen LogP contribution in [0, 0.1) is 6.92 Å². The zero-order valence-electron chi connectivity index (χ0n) is 23.7. The maximum atomic E-state index is 14.3. The highest BCUT2D eigenvalue weighted by molar-refractivity contribution is 7.90. The van der Waals surface area contributed by atoms with Gasteiger partial charge in [0.1, 0.15) is 0 Å². The number of likely N-dealkylation sites (tertiary alicyclic amines) is 1. The van der Waals surface area contributed by atoms with Crippen LogP contribution in [0.3, 0.4) is 0 Å². The van der Waals surface area contributed by atoms with E-state index < -0.39 is 16.1 Å². The average molecular weight is 590 g/mol. The lowest BCUT2D eigenvalue weighted by atomic mass is 10.1. The van der Waals surface area contributed by atoms with E-state index in [1.165, 1.54) is 3.97 Å². The maximum Gasteiger partial charge on any atom is 0.404 e. The van der Waals surface area contributed by atoms with Crippen LogP contribution in [0.5, 0.6) is 11.5 Å². The minimum atomic E-state index is -4.06. The van der Waals surface area contributed by atoms with E-state index in [1.807, 2.05) is 49.0 Å². The van der Waals surface area contributed by atoms with E-state index in [2.05, 4.69) is 15.2 Å². The van der Waals surface area contributed by atoms with Crippen molar-refractivity contribution in [3.05, 3.63) is 72.1 Å². The van der Waals surface area contributed by atoms with Crippen LogP contribution in [0.25, 0.3) is 33.2 Å². The molecule has 0 saturated carbocycles. The smallest absolute Gasteiger partial charge is 0.404 e. The van der Waals surface area contributed by atoms with Gasteiger partial charge in [-0.1, -0.05) is 17.7 Å². The lowest BCUT2D eigenvalue weighted by Crippen LogP contribution is -2.58. The molecule has 6 rings (SSSR count). The fourth-order valence-corrected chi connectivity index (χ4v) is 7.11. The van der Waals surface area contributed by atoms with Crippen molar-refractivity contribution in [1.82, 2.24) is 23.7 Å². The number of nitrogens with one attached hydrogen (secondary N) is 1. The first-order valence-corrected chi connectivity index (χ1v) is 14.8. The van der Waals surface area contributed by atoms with Crippen molar-refractivity contribution >= 4 is 38.1 Å². The molecule has 42 heavy (non-hydrogen) atoms. The minimum Gasteiger partial charge on any atom is -0.493 e. The number of methoxy groups -OCH3 is 2. The van der Waals surface area contributed by atoms with E-state index in [4.69, 9.17) is 14.6 Å². The van der Waals surface area contributed by atoms with Crippen LogP contribution in [-0.4, -0.2) is 71.4 Å². The lowest BCUT2D eigenvalue weighted by molar-refractivity contribution is 0.112. The molecule has 2 aromatic carbocycles. The van der Waals surface area contributed by atoms with Crippen molar-refractivity contribution in [2.45, 2.75) is 24.4 Å². The number of pyridine rings is 1. The number of amides is 1. The molecule has 2 N–H and O–H groups in total. The van der Waals surface area contributed by atoms with E-state index in [0.717, 1.165) is 22.0 Å². The largest absolute Gasteiger partial charge is 0.493 e. The molecule has 1 aliphatic rings. The molecule has 0 bridgehead atoms. The van der Waals surface area contributed by atoms with Gasteiger partial charge in [0.15, 0.2) is 17.1 Å². The Balaban J connectivity index is 1.56. The molecular weight excluding hydrogens is 558 g/mol. The Bertz CT molecular complexity index is 1940. The number of fused-ring (bicyclic) bond motifs is 2. The van der Waals surface area contributed by atoms with Gasteiger partial charge in [0.2, 0.25) is 0 Å². The number of aryl methyl sites for hydroxylation is 2. The predicted octanol–water partition coefficient (Wildman–Crippen LogP) is 4.21. The number of rotatable bonds is 8. The average Bonchev–Trinajstić information content (AvgIpc) is 3.49. The first-order chi connectivity index (χ1) is 20.1. The monoisotopic (exact) mass is 589 g/mol. The predicted molar refractivity (Wildman–Crippen MR) is 159 cm³/mol. The molecule has 12 heteroatoms. The fraction of sp³-hybridized carbons (Fsp3) is 0.267. The summed E-state index contributed by atoms with van der Waals surface area (Å²) in [6.45, 7) is 3.56. The highest BCUT2D eigenvalue weighted by atomic mass is 32.2. The summed E-state index contributed by atoms with van der Waals surface area (Å²) in [5.41, 5.74) is 4.18. The quantitative estimate of drug-likeness (QED) is 0.276. The number of carbonyl (C=O) groups is 1. The maximum absolute atomic E-state index is 14.3. The standard InChI is InChI=1S/C30H31N5O6S/c1-18-5-7-21(8-6-18)42(38,39)35-26(24-17-33(2)25-13-28(41-4)27(40-3)12-23(24)25)11-22-19(9-10-31-29(22)35)14-34-15-20(16-34)32-30(36)37/h5-13,17,20,32H,14-16H2,1-4H3,(H,36,37). The zero-order chi connectivity index (χ0) is 29.8. The van der Waals surface area contributed by atoms with Crippen LogP contribution in [0.2, 0.25) is 0 Å². The van der Waals surface area contributed by atoms with Gasteiger partial charge in [-0.3, -0.25) is 4.90 Å². The second-order valence-electron chi connectivity index (χ2n) is 10.5. The van der Waals surface area contributed by atoms with E-state index in [-0.39, 0.29) is 10.9 Å². The number of ether oxygens (including phenoxy) is 2. The molecule has 0 atom stereocenters. The summed E-state index contributed by atoms with van der Waals surface area (Å²) < 4.78 is 43.0. The van der Waals surface area contributed by atoms with Gasteiger partial charge in [0.05, 0.1) is 36.4 Å². The number of nitrogens with zero attached hydrogens (tertiary/aromatic N) is 4. The van der Waals surface area contributed by atoms with Crippen molar-refractivity contribution in [2.75, 3.05) is 27.3 Å². The van der Waals surface area contributed by atoms with Crippen molar-refractivity contribution in [3.8, 4) is 22.8 Å². The molecule has 3 aromatic heterocycles. The van der Waals surface area contributed by atoms with Crippen LogP contribution in [0.4, 0.5) is 4.79 Å². The molecule has 5 aromatic rings. The summed E-state index contributed by atoms with van der Waals surface area (Å²) >= 11 is 0. The number of hydrogen-bond acceptors (Lipinski definition) is 7. The second kappa shape index (κ2) is 10.4. The van der Waals surface area contributed by atoms with Gasteiger partial charge in [-0.05, 0) is 42.8 Å². The molecular formula is C30H31N5O6S. The molecule has 1 fully saturated rings. The first kappa shape index (κ1) is 27.6. The Labute approximate surface area is 242 Å². The van der Waals surface area contributed by atoms with Crippen molar-refractivity contribution in [2.24, 2.45) is 7.05 Å². The summed E-state index contributed by atoms with van der Waals surface area (Å²) in [7, 11) is 0.970. The van der Waals surface area contributed by atoms with Crippen LogP contribution < -0.4 is 14.8 Å². The first-order valence-electron chi connectivity index (χ1n) is 13.4. The summed E-state index contributed by atoms with van der Waals surface area (Å²) in [6, 6.07) is 14.1. The third kappa shape index (κ3) is 4.62. The van der Waals surface area contributed by atoms with Gasteiger partial charge in [-0.15, -0.1) is 0 Å². The van der Waals surface area contributed by atoms with E-state index in [9.17, 15) is 13.2 Å². The van der Waals surface area contributed by atoms with Crippen LogP contribution in [-0.2, 0) is 23.6 Å². The normalized spacial score (nSPS) is 14.3. The van der Waals surface area contributed by atoms with Crippen LogP contribution >= 0.6 is 0 Å². The second-order valence-corrected chi connectivity index (χ2v) is 12.3. The summed E-state index contributed by atoms with van der Waals surface area (Å²) in [5.74, 6) is 1.10. The van der Waals surface area contributed by atoms with E-state index in [0.29, 0.717) is 53.4 Å². The Morgan fingerprint density at radius 2 is 1.74 bits per heavy atom. The van der Waals surface area contributed by atoms with Crippen molar-refractivity contribution in [3.63, 3.8) is 0 Å². The third-order valence-corrected chi connectivity index (χ3v) is 9.48. The number of aromatic nitrogens is 3.